The van der Waals surface area contributed by atoms with Crippen molar-refractivity contribution in [2.24, 2.45) is 5.84 Å². The van der Waals surface area contributed by atoms with Gasteiger partial charge in [0.05, 0.1) is 5.69 Å². The van der Waals surface area contributed by atoms with Crippen molar-refractivity contribution in [3.05, 3.63) is 18.5 Å². The lowest BCUT2D eigenvalue weighted by Gasteiger charge is -2.32. The number of nitrogen functional groups attached to an aromatic ring is 1. The average Bonchev–Trinajstić information content (AvgIpc) is 2.39. The molecule has 1 unspecified atom stereocenters. The molecule has 0 saturated carbocycles. The van der Waals surface area contributed by atoms with E-state index in [9.17, 15) is 8.42 Å². The summed E-state index contributed by atoms with van der Waals surface area (Å²) < 4.78 is 26.6. The highest BCUT2D eigenvalue weighted by Gasteiger charge is 2.32. The number of hydrazine groups is 1. The lowest BCUT2D eigenvalue weighted by Crippen LogP contribution is -2.44. The SMILES string of the molecule is CC1CSCCN1S(=O)(=O)c1cnccc1NN. The van der Waals surface area contributed by atoms with Gasteiger partial charge in [-0.25, -0.2) is 8.42 Å². The van der Waals surface area contributed by atoms with Gasteiger partial charge in [0.25, 0.3) is 0 Å². The Morgan fingerprint density at radius 1 is 1.61 bits per heavy atom. The molecule has 2 rings (SSSR count). The van der Waals surface area contributed by atoms with E-state index < -0.39 is 10.0 Å². The Morgan fingerprint density at radius 2 is 2.39 bits per heavy atom. The maximum Gasteiger partial charge on any atom is 0.247 e. The van der Waals surface area contributed by atoms with E-state index in [0.29, 0.717) is 12.2 Å². The van der Waals surface area contributed by atoms with Crippen LogP contribution in [0.15, 0.2) is 23.4 Å². The lowest BCUT2D eigenvalue weighted by atomic mass is 10.4. The molecule has 0 bridgehead atoms. The Balaban J connectivity index is 2.41. The predicted molar refractivity (Wildman–Crippen MR) is 72.7 cm³/mol. The van der Waals surface area contributed by atoms with Crippen molar-refractivity contribution in [3.8, 4) is 0 Å². The van der Waals surface area contributed by atoms with Crippen LogP contribution in [-0.2, 0) is 10.0 Å². The van der Waals surface area contributed by atoms with Gasteiger partial charge in [0.1, 0.15) is 4.90 Å². The number of hydrogen-bond acceptors (Lipinski definition) is 6. The first-order valence-corrected chi connectivity index (χ1v) is 8.17. The number of pyridine rings is 1. The van der Waals surface area contributed by atoms with Crippen LogP contribution < -0.4 is 11.3 Å². The number of aromatic nitrogens is 1. The second kappa shape index (κ2) is 5.43. The van der Waals surface area contributed by atoms with Crippen molar-refractivity contribution < 1.29 is 8.42 Å². The third-order valence-corrected chi connectivity index (χ3v) is 6.06. The smallest absolute Gasteiger partial charge is 0.247 e. The van der Waals surface area contributed by atoms with Gasteiger partial charge in [0.15, 0.2) is 0 Å². The van der Waals surface area contributed by atoms with Crippen LogP contribution in [-0.4, -0.2) is 41.8 Å². The molecule has 100 valence electrons. The summed E-state index contributed by atoms with van der Waals surface area (Å²) in [7, 11) is -3.54. The van der Waals surface area contributed by atoms with Crippen LogP contribution in [0.4, 0.5) is 5.69 Å². The van der Waals surface area contributed by atoms with Crippen LogP contribution in [0.3, 0.4) is 0 Å². The zero-order chi connectivity index (χ0) is 13.2. The molecule has 1 saturated heterocycles. The monoisotopic (exact) mass is 288 g/mol. The lowest BCUT2D eigenvalue weighted by molar-refractivity contribution is 0.367. The Morgan fingerprint density at radius 3 is 3.06 bits per heavy atom. The van der Waals surface area contributed by atoms with Crippen LogP contribution in [0.2, 0.25) is 0 Å². The zero-order valence-electron chi connectivity index (χ0n) is 10.0. The van der Waals surface area contributed by atoms with Crippen molar-refractivity contribution in [3.63, 3.8) is 0 Å². The molecule has 6 nitrogen and oxygen atoms in total. The standard InChI is InChI=1S/C10H16N4O2S2/c1-8-7-17-5-4-14(8)18(15,16)10-6-12-3-2-9(10)13-11/h2-3,6,8H,4-5,7,11H2,1H3,(H,12,13). The summed E-state index contributed by atoms with van der Waals surface area (Å²) in [4.78, 5) is 4.00. The van der Waals surface area contributed by atoms with Gasteiger partial charge in [-0.2, -0.15) is 16.1 Å². The second-order valence-electron chi connectivity index (χ2n) is 4.06. The Labute approximate surface area is 111 Å². The summed E-state index contributed by atoms with van der Waals surface area (Å²) in [5.74, 6) is 6.97. The van der Waals surface area contributed by atoms with E-state index in [1.165, 1.54) is 16.7 Å². The van der Waals surface area contributed by atoms with E-state index in [2.05, 4.69) is 10.4 Å². The van der Waals surface area contributed by atoms with E-state index in [1.54, 1.807) is 17.8 Å². The molecule has 3 N–H and O–H groups in total. The molecule has 0 spiro atoms. The van der Waals surface area contributed by atoms with Crippen LogP contribution in [0.5, 0.6) is 0 Å². The summed E-state index contributed by atoms with van der Waals surface area (Å²) in [5.41, 5.74) is 2.78. The molecule has 2 heterocycles. The Bertz CT molecular complexity index is 520. The van der Waals surface area contributed by atoms with Gasteiger partial charge in [-0.1, -0.05) is 0 Å². The summed E-state index contributed by atoms with van der Waals surface area (Å²) in [6.07, 6.45) is 2.84. The Kier molecular flexibility index (Phi) is 4.10. The molecule has 0 aliphatic carbocycles. The number of nitrogens with one attached hydrogen (secondary N) is 1. The van der Waals surface area contributed by atoms with Crippen molar-refractivity contribution in [2.45, 2.75) is 17.9 Å². The third-order valence-electron chi connectivity index (χ3n) is 2.83. The number of anilines is 1. The first-order valence-electron chi connectivity index (χ1n) is 5.57. The van der Waals surface area contributed by atoms with Gasteiger partial charge in [0.2, 0.25) is 10.0 Å². The molecule has 0 radical (unpaired) electrons. The minimum Gasteiger partial charge on any atom is -0.323 e. The maximum atomic E-state index is 12.6. The zero-order valence-corrected chi connectivity index (χ0v) is 11.7. The van der Waals surface area contributed by atoms with Gasteiger partial charge in [0, 0.05) is 36.5 Å². The number of rotatable bonds is 3. The van der Waals surface area contributed by atoms with E-state index in [1.807, 2.05) is 6.92 Å². The fourth-order valence-corrected chi connectivity index (χ4v) is 4.86. The summed E-state index contributed by atoms with van der Waals surface area (Å²) in [5, 5.41) is 0. The largest absolute Gasteiger partial charge is 0.323 e. The first-order chi connectivity index (χ1) is 8.57. The van der Waals surface area contributed by atoms with Crippen molar-refractivity contribution in [2.75, 3.05) is 23.5 Å². The van der Waals surface area contributed by atoms with E-state index in [4.69, 9.17) is 5.84 Å². The van der Waals surface area contributed by atoms with Gasteiger partial charge < -0.3 is 5.43 Å². The van der Waals surface area contributed by atoms with Crippen LogP contribution in [0.1, 0.15) is 6.92 Å². The average molecular weight is 288 g/mol. The van der Waals surface area contributed by atoms with Gasteiger partial charge in [-0.15, -0.1) is 0 Å². The predicted octanol–water partition coefficient (Wildman–Crippen LogP) is 0.493. The minimum absolute atomic E-state index is 0.0143. The molecular formula is C10H16N4O2S2. The number of nitrogens with zero attached hydrogens (tertiary/aromatic N) is 2. The second-order valence-corrected chi connectivity index (χ2v) is 7.06. The molecule has 1 aliphatic rings. The van der Waals surface area contributed by atoms with Gasteiger partial charge in [-0.05, 0) is 13.0 Å². The molecule has 1 aromatic heterocycles. The molecular weight excluding hydrogens is 272 g/mol. The highest BCUT2D eigenvalue weighted by molar-refractivity contribution is 7.99. The van der Waals surface area contributed by atoms with Gasteiger partial charge in [-0.3, -0.25) is 10.8 Å². The normalized spacial score (nSPS) is 21.8. The number of thioether (sulfide) groups is 1. The Hall–Kier alpha value is -0.830. The third kappa shape index (κ3) is 2.46. The van der Waals surface area contributed by atoms with Crippen LogP contribution >= 0.6 is 11.8 Å². The first kappa shape index (κ1) is 13.6. The molecule has 1 aromatic rings. The molecule has 8 heteroatoms. The molecule has 18 heavy (non-hydrogen) atoms. The summed E-state index contributed by atoms with van der Waals surface area (Å²) in [6.45, 7) is 2.43. The summed E-state index contributed by atoms with van der Waals surface area (Å²) >= 11 is 1.77. The maximum absolute atomic E-state index is 12.6. The van der Waals surface area contributed by atoms with Crippen LogP contribution in [0, 0.1) is 0 Å². The molecule has 0 aromatic carbocycles. The van der Waals surface area contributed by atoms with E-state index in [-0.39, 0.29) is 10.9 Å². The minimum atomic E-state index is -3.54. The number of sulfonamides is 1. The highest BCUT2D eigenvalue weighted by Crippen LogP contribution is 2.27. The van der Waals surface area contributed by atoms with Crippen molar-refractivity contribution in [1.82, 2.24) is 9.29 Å². The van der Waals surface area contributed by atoms with Crippen molar-refractivity contribution in [1.29, 1.82) is 0 Å². The van der Waals surface area contributed by atoms with Gasteiger partial charge >= 0.3 is 0 Å². The molecule has 1 fully saturated rings. The fraction of sp³-hybridized carbons (Fsp3) is 0.500. The van der Waals surface area contributed by atoms with Crippen LogP contribution in [0.25, 0.3) is 0 Å². The molecule has 1 atom stereocenters. The van der Waals surface area contributed by atoms with Crippen molar-refractivity contribution >= 4 is 27.5 Å². The topological polar surface area (TPSA) is 88.3 Å². The molecule has 0 amide bonds. The van der Waals surface area contributed by atoms with E-state index >= 15 is 0 Å². The summed E-state index contributed by atoms with van der Waals surface area (Å²) in [6, 6.07) is 1.54. The highest BCUT2D eigenvalue weighted by atomic mass is 32.2. The number of hydrogen-bond donors (Lipinski definition) is 2. The van der Waals surface area contributed by atoms with E-state index in [0.717, 1.165) is 11.5 Å². The molecule has 1 aliphatic heterocycles. The fourth-order valence-electron chi connectivity index (χ4n) is 1.90. The quantitative estimate of drug-likeness (QED) is 0.622. The number of nitrogens with two attached hydrogens (primary N) is 1.